The van der Waals surface area contributed by atoms with Crippen molar-refractivity contribution in [2.45, 2.75) is 39.2 Å². The largest absolute Gasteiger partial charge is 0.350 e. The van der Waals surface area contributed by atoms with E-state index < -0.39 is 0 Å². The predicted molar refractivity (Wildman–Crippen MR) is 94.6 cm³/mol. The van der Waals surface area contributed by atoms with E-state index in [1.807, 2.05) is 31.2 Å². The third kappa shape index (κ3) is 5.79. The molecule has 0 aliphatic carbocycles. The number of benzene rings is 1. The second-order valence-electron chi connectivity index (χ2n) is 6.13. The first kappa shape index (κ1) is 19.3. The Morgan fingerprint density at radius 2 is 2.23 bits per heavy atom. The third-order valence-corrected chi connectivity index (χ3v) is 4.61. The molecule has 22 heavy (non-hydrogen) atoms. The lowest BCUT2D eigenvalue weighted by Gasteiger charge is -2.28. The van der Waals surface area contributed by atoms with Crippen molar-refractivity contribution in [2.75, 3.05) is 13.1 Å². The number of hydrogen-bond donors (Lipinski definition) is 2. The highest BCUT2D eigenvalue weighted by molar-refractivity contribution is 6.30. The van der Waals surface area contributed by atoms with Crippen LogP contribution in [0.3, 0.4) is 0 Å². The molecule has 2 rings (SSSR count). The molecule has 0 saturated carbocycles. The summed E-state index contributed by atoms with van der Waals surface area (Å²) in [6, 6.07) is 7.65. The topological polar surface area (TPSA) is 41.1 Å². The summed E-state index contributed by atoms with van der Waals surface area (Å²) >= 11 is 5.99. The summed E-state index contributed by atoms with van der Waals surface area (Å²) in [5.74, 6) is 1.16. The van der Waals surface area contributed by atoms with Crippen molar-refractivity contribution >= 4 is 29.9 Å². The minimum Gasteiger partial charge on any atom is -0.350 e. The maximum Gasteiger partial charge on any atom is 0.220 e. The highest BCUT2D eigenvalue weighted by Gasteiger charge is 2.22. The van der Waals surface area contributed by atoms with Gasteiger partial charge in [0.2, 0.25) is 5.91 Å². The van der Waals surface area contributed by atoms with E-state index in [-0.39, 0.29) is 24.4 Å². The number of nitrogens with one attached hydrogen (secondary N) is 2. The van der Waals surface area contributed by atoms with Gasteiger partial charge in [-0.2, -0.15) is 0 Å². The van der Waals surface area contributed by atoms with Crippen molar-refractivity contribution in [3.63, 3.8) is 0 Å². The van der Waals surface area contributed by atoms with Crippen molar-refractivity contribution in [1.29, 1.82) is 0 Å². The van der Waals surface area contributed by atoms with Gasteiger partial charge < -0.3 is 10.6 Å². The fourth-order valence-electron chi connectivity index (χ4n) is 2.98. The van der Waals surface area contributed by atoms with Gasteiger partial charge in [-0.05, 0) is 62.4 Å². The van der Waals surface area contributed by atoms with Crippen molar-refractivity contribution < 1.29 is 4.79 Å². The molecule has 0 radical (unpaired) electrons. The first-order valence-corrected chi connectivity index (χ1v) is 8.19. The quantitative estimate of drug-likeness (QED) is 0.848. The van der Waals surface area contributed by atoms with Gasteiger partial charge in [-0.15, -0.1) is 12.4 Å². The van der Waals surface area contributed by atoms with E-state index in [4.69, 9.17) is 11.6 Å². The van der Waals surface area contributed by atoms with Gasteiger partial charge >= 0.3 is 0 Å². The van der Waals surface area contributed by atoms with E-state index in [1.165, 1.54) is 12.8 Å². The summed E-state index contributed by atoms with van der Waals surface area (Å²) in [4.78, 5) is 12.2. The number of halogens is 2. The fourth-order valence-corrected chi connectivity index (χ4v) is 3.18. The van der Waals surface area contributed by atoms with Crippen LogP contribution in [0.2, 0.25) is 5.02 Å². The first-order valence-electron chi connectivity index (χ1n) is 7.82. The van der Waals surface area contributed by atoms with Gasteiger partial charge in [0.15, 0.2) is 0 Å². The monoisotopic (exact) mass is 344 g/mol. The van der Waals surface area contributed by atoms with Crippen LogP contribution in [0.1, 0.15) is 44.7 Å². The van der Waals surface area contributed by atoms with Crippen molar-refractivity contribution in [1.82, 2.24) is 10.6 Å². The maximum atomic E-state index is 12.2. The average Bonchev–Trinajstić information content (AvgIpc) is 2.48. The third-order valence-electron chi connectivity index (χ3n) is 4.37. The molecule has 3 atom stereocenters. The highest BCUT2D eigenvalue weighted by Crippen LogP contribution is 2.23. The highest BCUT2D eigenvalue weighted by atomic mass is 35.5. The standard InChI is InChI=1S/C17H25ClN2O.ClH/c1-12(15-6-4-8-19-11-15)9-17(21)20-13(2)14-5-3-7-16(18)10-14;/h3,5,7,10,12-13,15,19H,4,6,8-9,11H2,1-2H3,(H,20,21);1H. The Labute approximate surface area is 144 Å². The molecule has 1 aliphatic heterocycles. The molecule has 0 spiro atoms. The Kier molecular flexibility index (Phi) is 8.23. The number of hydrogen-bond acceptors (Lipinski definition) is 2. The summed E-state index contributed by atoms with van der Waals surface area (Å²) in [7, 11) is 0. The zero-order valence-corrected chi connectivity index (χ0v) is 14.8. The molecule has 124 valence electrons. The molecule has 1 aliphatic rings. The van der Waals surface area contributed by atoms with Crippen molar-refractivity contribution in [2.24, 2.45) is 11.8 Å². The predicted octanol–water partition coefficient (Wildman–Crippen LogP) is 3.96. The van der Waals surface area contributed by atoms with Gasteiger partial charge in [0.05, 0.1) is 6.04 Å². The summed E-state index contributed by atoms with van der Waals surface area (Å²) in [6.45, 7) is 6.33. The molecular weight excluding hydrogens is 319 g/mol. The smallest absolute Gasteiger partial charge is 0.220 e. The molecule has 3 nitrogen and oxygen atoms in total. The lowest BCUT2D eigenvalue weighted by molar-refractivity contribution is -0.123. The van der Waals surface area contributed by atoms with E-state index in [0.29, 0.717) is 23.3 Å². The molecule has 1 aromatic rings. The molecule has 1 fully saturated rings. The zero-order chi connectivity index (χ0) is 15.2. The van der Waals surface area contributed by atoms with Crippen molar-refractivity contribution in [3.05, 3.63) is 34.9 Å². The van der Waals surface area contributed by atoms with Gasteiger partial charge in [0, 0.05) is 11.4 Å². The lowest BCUT2D eigenvalue weighted by atomic mass is 9.85. The average molecular weight is 345 g/mol. The molecule has 0 aromatic heterocycles. The minimum absolute atomic E-state index is 0. The zero-order valence-electron chi connectivity index (χ0n) is 13.3. The van der Waals surface area contributed by atoms with Crippen LogP contribution in [-0.4, -0.2) is 19.0 Å². The second-order valence-corrected chi connectivity index (χ2v) is 6.57. The summed E-state index contributed by atoms with van der Waals surface area (Å²) in [6.07, 6.45) is 3.04. The van der Waals surface area contributed by atoms with E-state index in [2.05, 4.69) is 17.6 Å². The SMILES string of the molecule is CC(NC(=O)CC(C)C1CCCNC1)c1cccc(Cl)c1.Cl. The molecule has 1 saturated heterocycles. The van der Waals surface area contributed by atoms with Crippen LogP contribution < -0.4 is 10.6 Å². The number of amides is 1. The van der Waals surface area contributed by atoms with Gasteiger partial charge in [0.25, 0.3) is 0 Å². The molecular formula is C17H26Cl2N2O. The minimum atomic E-state index is -0.00659. The summed E-state index contributed by atoms with van der Waals surface area (Å²) in [5, 5.41) is 7.19. The van der Waals surface area contributed by atoms with E-state index in [0.717, 1.165) is 18.7 Å². The van der Waals surface area contributed by atoms with Gasteiger partial charge in [-0.1, -0.05) is 30.7 Å². The van der Waals surface area contributed by atoms with Crippen LogP contribution >= 0.6 is 24.0 Å². The number of rotatable bonds is 5. The Balaban J connectivity index is 0.00000242. The lowest BCUT2D eigenvalue weighted by Crippen LogP contribution is -2.36. The maximum absolute atomic E-state index is 12.2. The number of carbonyl (C=O) groups excluding carboxylic acids is 1. The van der Waals surface area contributed by atoms with E-state index >= 15 is 0 Å². The van der Waals surface area contributed by atoms with Crippen LogP contribution in [-0.2, 0) is 4.79 Å². The van der Waals surface area contributed by atoms with Gasteiger partial charge in [-0.3, -0.25) is 4.79 Å². The molecule has 1 aromatic carbocycles. The van der Waals surface area contributed by atoms with Gasteiger partial charge in [0.1, 0.15) is 0 Å². The summed E-state index contributed by atoms with van der Waals surface area (Å²) < 4.78 is 0. The normalized spacial score (nSPS) is 20.6. The molecule has 3 unspecified atom stereocenters. The number of piperidine rings is 1. The van der Waals surface area contributed by atoms with Gasteiger partial charge in [-0.25, -0.2) is 0 Å². The van der Waals surface area contributed by atoms with Crippen LogP contribution in [0.5, 0.6) is 0 Å². The van der Waals surface area contributed by atoms with Crippen LogP contribution in [0.15, 0.2) is 24.3 Å². The summed E-state index contributed by atoms with van der Waals surface area (Å²) in [5.41, 5.74) is 1.04. The Hall–Kier alpha value is -0.770. The Morgan fingerprint density at radius 3 is 2.86 bits per heavy atom. The molecule has 2 N–H and O–H groups in total. The molecule has 5 heteroatoms. The Morgan fingerprint density at radius 1 is 1.45 bits per heavy atom. The second kappa shape index (κ2) is 9.39. The van der Waals surface area contributed by atoms with E-state index in [1.54, 1.807) is 0 Å². The molecule has 0 bridgehead atoms. The molecule has 1 heterocycles. The number of carbonyl (C=O) groups is 1. The fraction of sp³-hybridized carbons (Fsp3) is 0.588. The van der Waals surface area contributed by atoms with Crippen LogP contribution in [0.25, 0.3) is 0 Å². The van der Waals surface area contributed by atoms with E-state index in [9.17, 15) is 4.79 Å². The molecule has 1 amide bonds. The van der Waals surface area contributed by atoms with Crippen LogP contribution in [0.4, 0.5) is 0 Å². The van der Waals surface area contributed by atoms with Crippen LogP contribution in [0, 0.1) is 11.8 Å². The van der Waals surface area contributed by atoms with Crippen molar-refractivity contribution in [3.8, 4) is 0 Å². The Bertz CT molecular complexity index is 475. The first-order chi connectivity index (χ1) is 10.1.